The van der Waals surface area contributed by atoms with Gasteiger partial charge in [-0.2, -0.15) is 5.26 Å². The molecule has 0 heterocycles. The molecule has 0 amide bonds. The Morgan fingerprint density at radius 3 is 2.29 bits per heavy atom. The molecule has 0 radical (unpaired) electrons. The Balaban J connectivity index is 2.31. The van der Waals surface area contributed by atoms with Crippen LogP contribution >= 0.6 is 0 Å². The highest BCUT2D eigenvalue weighted by atomic mass is 16.6. The van der Waals surface area contributed by atoms with Crippen molar-refractivity contribution in [1.82, 2.24) is 0 Å². The van der Waals surface area contributed by atoms with Crippen LogP contribution in [0.5, 0.6) is 0 Å². The van der Waals surface area contributed by atoms with Crippen molar-refractivity contribution in [2.45, 2.75) is 0 Å². The van der Waals surface area contributed by atoms with E-state index >= 15 is 0 Å². The minimum Gasteiger partial charge on any atom is -0.388 e. The van der Waals surface area contributed by atoms with Crippen molar-refractivity contribution in [2.75, 3.05) is 12.4 Å². The van der Waals surface area contributed by atoms with Gasteiger partial charge in [0, 0.05) is 24.9 Å². The van der Waals surface area contributed by atoms with Gasteiger partial charge in [0.25, 0.3) is 5.69 Å². The Hall–Kier alpha value is -3.13. The second-order valence-corrected chi connectivity index (χ2v) is 4.35. The van der Waals surface area contributed by atoms with Gasteiger partial charge >= 0.3 is 0 Å². The molecule has 0 aliphatic rings. The Morgan fingerprint density at radius 1 is 1.19 bits per heavy atom. The maximum atomic E-state index is 10.6. The van der Waals surface area contributed by atoms with Crippen LogP contribution in [0.4, 0.5) is 11.4 Å². The number of rotatable bonds is 4. The number of nitrogens with zero attached hydrogens (tertiary/aromatic N) is 2. The van der Waals surface area contributed by atoms with E-state index in [4.69, 9.17) is 0 Å². The van der Waals surface area contributed by atoms with Gasteiger partial charge in [-0.3, -0.25) is 10.1 Å². The molecule has 0 fully saturated rings. The molecule has 0 saturated carbocycles. The predicted molar refractivity (Wildman–Crippen MR) is 82.6 cm³/mol. The maximum absolute atomic E-state index is 10.6. The number of hydrogen-bond acceptors (Lipinski definition) is 4. The van der Waals surface area contributed by atoms with Gasteiger partial charge in [-0.25, -0.2) is 0 Å². The van der Waals surface area contributed by atoms with Crippen molar-refractivity contribution in [3.63, 3.8) is 0 Å². The molecule has 0 atom stereocenters. The first-order valence-corrected chi connectivity index (χ1v) is 6.28. The van der Waals surface area contributed by atoms with Gasteiger partial charge < -0.3 is 5.32 Å². The van der Waals surface area contributed by atoms with Crippen LogP contribution in [0, 0.1) is 21.4 Å². The standard InChI is InChI=1S/C16H13N3O2/c1-18-15-6-4-13(5-7-15)14(11-17)10-12-2-8-16(9-3-12)19(20)21/h2-10,18H,1H3. The number of anilines is 1. The fourth-order valence-corrected chi connectivity index (χ4v) is 1.86. The SMILES string of the molecule is CNc1ccc(C(C#N)=Cc2ccc([N+](=O)[O-])cc2)cc1. The number of nitrogens with one attached hydrogen (secondary N) is 1. The number of nitro groups is 1. The van der Waals surface area contributed by atoms with Crippen LogP contribution in [0.3, 0.4) is 0 Å². The van der Waals surface area contributed by atoms with Crippen LogP contribution in [0.1, 0.15) is 11.1 Å². The summed E-state index contributed by atoms with van der Waals surface area (Å²) in [6.07, 6.45) is 1.71. The first kappa shape index (κ1) is 14.3. The molecule has 104 valence electrons. The molecule has 0 unspecified atom stereocenters. The summed E-state index contributed by atoms with van der Waals surface area (Å²) in [5.74, 6) is 0. The maximum Gasteiger partial charge on any atom is 0.269 e. The Kier molecular flexibility index (Phi) is 4.32. The Morgan fingerprint density at radius 2 is 1.81 bits per heavy atom. The molecule has 0 bridgehead atoms. The number of hydrogen-bond donors (Lipinski definition) is 1. The molecule has 0 saturated heterocycles. The van der Waals surface area contributed by atoms with Crippen molar-refractivity contribution < 1.29 is 4.92 Å². The van der Waals surface area contributed by atoms with Crippen molar-refractivity contribution in [1.29, 1.82) is 5.26 Å². The van der Waals surface area contributed by atoms with E-state index in [9.17, 15) is 15.4 Å². The summed E-state index contributed by atoms with van der Waals surface area (Å²) in [7, 11) is 1.83. The third-order valence-corrected chi connectivity index (χ3v) is 3.02. The first-order chi connectivity index (χ1) is 10.1. The highest BCUT2D eigenvalue weighted by Gasteiger charge is 2.05. The average molecular weight is 279 g/mol. The minimum atomic E-state index is -0.449. The molecular weight excluding hydrogens is 266 g/mol. The van der Waals surface area contributed by atoms with Crippen LogP contribution in [0.2, 0.25) is 0 Å². The molecule has 5 heteroatoms. The zero-order valence-electron chi connectivity index (χ0n) is 11.4. The Labute approximate surface area is 122 Å². The van der Waals surface area contributed by atoms with Gasteiger partial charge in [0.1, 0.15) is 0 Å². The third kappa shape index (κ3) is 3.45. The van der Waals surface area contributed by atoms with Gasteiger partial charge in [-0.1, -0.05) is 12.1 Å². The van der Waals surface area contributed by atoms with Crippen molar-refractivity contribution in [2.24, 2.45) is 0 Å². The molecule has 1 N–H and O–H groups in total. The zero-order valence-corrected chi connectivity index (χ0v) is 11.4. The van der Waals surface area contributed by atoms with Crippen molar-refractivity contribution >= 4 is 23.0 Å². The van der Waals surface area contributed by atoms with E-state index in [0.717, 1.165) is 16.8 Å². The molecule has 0 spiro atoms. The predicted octanol–water partition coefficient (Wildman–Crippen LogP) is 3.70. The summed E-state index contributed by atoms with van der Waals surface area (Å²) in [5, 5.41) is 22.9. The fourth-order valence-electron chi connectivity index (χ4n) is 1.86. The van der Waals surface area contributed by atoms with Gasteiger partial charge in [0.05, 0.1) is 16.6 Å². The second-order valence-electron chi connectivity index (χ2n) is 4.35. The summed E-state index contributed by atoms with van der Waals surface area (Å²) in [4.78, 5) is 10.2. The largest absolute Gasteiger partial charge is 0.388 e. The molecule has 21 heavy (non-hydrogen) atoms. The zero-order chi connectivity index (χ0) is 15.2. The lowest BCUT2D eigenvalue weighted by atomic mass is 10.0. The average Bonchev–Trinajstić information content (AvgIpc) is 2.53. The van der Waals surface area contributed by atoms with Gasteiger partial charge in [-0.05, 0) is 41.5 Å². The van der Waals surface area contributed by atoms with Crippen LogP contribution < -0.4 is 5.32 Å². The van der Waals surface area contributed by atoms with Crippen LogP contribution in [0.25, 0.3) is 11.6 Å². The van der Waals surface area contributed by atoms with Gasteiger partial charge in [0.2, 0.25) is 0 Å². The van der Waals surface area contributed by atoms with Crippen molar-refractivity contribution in [3.8, 4) is 6.07 Å². The number of nitro benzene ring substituents is 1. The lowest BCUT2D eigenvalue weighted by molar-refractivity contribution is -0.384. The van der Waals surface area contributed by atoms with E-state index in [0.29, 0.717) is 5.57 Å². The number of benzene rings is 2. The third-order valence-electron chi connectivity index (χ3n) is 3.02. The lowest BCUT2D eigenvalue weighted by Crippen LogP contribution is -1.89. The summed E-state index contributed by atoms with van der Waals surface area (Å²) in [6, 6.07) is 15.7. The molecule has 0 aromatic heterocycles. The first-order valence-electron chi connectivity index (χ1n) is 6.28. The molecule has 0 aliphatic carbocycles. The highest BCUT2D eigenvalue weighted by Crippen LogP contribution is 2.21. The molecular formula is C16H13N3O2. The van der Waals surface area contributed by atoms with Gasteiger partial charge in [0.15, 0.2) is 0 Å². The van der Waals surface area contributed by atoms with Crippen LogP contribution in [0.15, 0.2) is 48.5 Å². The minimum absolute atomic E-state index is 0.0315. The topological polar surface area (TPSA) is 79.0 Å². The smallest absolute Gasteiger partial charge is 0.269 e. The van der Waals surface area contributed by atoms with E-state index in [1.807, 2.05) is 31.3 Å². The molecule has 0 aliphatic heterocycles. The monoisotopic (exact) mass is 279 g/mol. The summed E-state index contributed by atoms with van der Waals surface area (Å²) >= 11 is 0. The normalized spacial score (nSPS) is 10.8. The molecule has 5 nitrogen and oxygen atoms in total. The van der Waals surface area contributed by atoms with Crippen LogP contribution in [-0.4, -0.2) is 12.0 Å². The summed E-state index contributed by atoms with van der Waals surface area (Å²) < 4.78 is 0. The summed E-state index contributed by atoms with van der Waals surface area (Å²) in [6.45, 7) is 0. The van der Waals surface area contributed by atoms with E-state index in [1.165, 1.54) is 12.1 Å². The second kappa shape index (κ2) is 6.35. The van der Waals surface area contributed by atoms with E-state index in [1.54, 1.807) is 18.2 Å². The van der Waals surface area contributed by atoms with Gasteiger partial charge in [-0.15, -0.1) is 0 Å². The molecule has 2 aromatic carbocycles. The number of non-ortho nitro benzene ring substituents is 1. The van der Waals surface area contributed by atoms with Crippen molar-refractivity contribution in [3.05, 3.63) is 69.8 Å². The van der Waals surface area contributed by atoms with E-state index < -0.39 is 4.92 Å². The molecule has 2 rings (SSSR count). The van der Waals surface area contributed by atoms with E-state index in [2.05, 4.69) is 11.4 Å². The quantitative estimate of drug-likeness (QED) is 0.400. The fraction of sp³-hybridized carbons (Fsp3) is 0.0625. The number of nitriles is 1. The van der Waals surface area contributed by atoms with E-state index in [-0.39, 0.29) is 5.69 Å². The lowest BCUT2D eigenvalue weighted by Gasteiger charge is -2.03. The number of allylic oxidation sites excluding steroid dienone is 1. The van der Waals surface area contributed by atoms with Crippen LogP contribution in [-0.2, 0) is 0 Å². The molecule has 2 aromatic rings. The highest BCUT2D eigenvalue weighted by molar-refractivity contribution is 5.89. The Bertz CT molecular complexity index is 711. The summed E-state index contributed by atoms with van der Waals surface area (Å²) in [5.41, 5.74) is 3.05.